The van der Waals surface area contributed by atoms with Gasteiger partial charge in [-0.2, -0.15) is 0 Å². The lowest BCUT2D eigenvalue weighted by molar-refractivity contribution is -0.118. The number of imidazole rings is 1. The second-order valence-corrected chi connectivity index (χ2v) is 6.01. The number of aromatic nitrogens is 2. The number of ether oxygens (including phenoxy) is 2. The van der Waals surface area contributed by atoms with Gasteiger partial charge in [-0.25, -0.2) is 4.98 Å². The molecule has 1 aromatic heterocycles. The zero-order valence-corrected chi connectivity index (χ0v) is 13.7. The zero-order valence-electron chi connectivity index (χ0n) is 13.7. The minimum atomic E-state index is -0.206. The Hall–Kier alpha value is -2.86. The fourth-order valence-electron chi connectivity index (χ4n) is 2.92. The summed E-state index contributed by atoms with van der Waals surface area (Å²) in [5.74, 6) is 1.31. The second-order valence-electron chi connectivity index (χ2n) is 6.01. The van der Waals surface area contributed by atoms with E-state index in [1.807, 2.05) is 48.5 Å². The van der Waals surface area contributed by atoms with Crippen molar-refractivity contribution in [2.75, 3.05) is 18.5 Å². The summed E-state index contributed by atoms with van der Waals surface area (Å²) in [5, 5.41) is 2.84. The van der Waals surface area contributed by atoms with E-state index in [0.29, 0.717) is 11.4 Å². The maximum Gasteiger partial charge on any atom is 0.262 e. The number of nitrogens with zero attached hydrogens (tertiary/aromatic N) is 1. The molecular formula is C19H19N3O3. The molecular weight excluding hydrogens is 318 g/mol. The third kappa shape index (κ3) is 3.64. The van der Waals surface area contributed by atoms with E-state index in [1.54, 1.807) is 0 Å². The standard InChI is InChI=1S/C19H19N3O3/c23-18(12-25-14-5-2-1-3-6-14)20-13-8-9-15-16(11-13)22-19(21-15)17-7-4-10-24-17/h1-3,5-6,8-9,11,17H,4,7,10,12H2,(H,20,23)(H,21,22)/t17-/m0/s1. The van der Waals surface area contributed by atoms with Crippen molar-refractivity contribution >= 4 is 22.6 Å². The van der Waals surface area contributed by atoms with Gasteiger partial charge >= 0.3 is 0 Å². The monoisotopic (exact) mass is 337 g/mol. The number of aromatic amines is 1. The number of anilines is 1. The maximum atomic E-state index is 12.1. The lowest BCUT2D eigenvalue weighted by atomic mass is 10.2. The van der Waals surface area contributed by atoms with Gasteiger partial charge in [0.05, 0.1) is 11.0 Å². The molecule has 1 fully saturated rings. The number of nitrogens with one attached hydrogen (secondary N) is 2. The summed E-state index contributed by atoms with van der Waals surface area (Å²) >= 11 is 0. The van der Waals surface area contributed by atoms with Crippen molar-refractivity contribution in [3.05, 3.63) is 54.4 Å². The Balaban J connectivity index is 1.41. The highest BCUT2D eigenvalue weighted by Gasteiger charge is 2.21. The Bertz CT molecular complexity index is 870. The first kappa shape index (κ1) is 15.7. The van der Waals surface area contributed by atoms with Crippen LogP contribution >= 0.6 is 0 Å². The molecule has 1 amide bonds. The third-order valence-electron chi connectivity index (χ3n) is 4.13. The normalized spacial score (nSPS) is 16.9. The first-order valence-electron chi connectivity index (χ1n) is 8.37. The van der Waals surface area contributed by atoms with Crippen molar-refractivity contribution in [3.63, 3.8) is 0 Å². The summed E-state index contributed by atoms with van der Waals surface area (Å²) in [7, 11) is 0. The van der Waals surface area contributed by atoms with E-state index in [-0.39, 0.29) is 18.6 Å². The first-order valence-corrected chi connectivity index (χ1v) is 8.37. The van der Waals surface area contributed by atoms with Crippen LogP contribution < -0.4 is 10.1 Å². The fraction of sp³-hybridized carbons (Fsp3) is 0.263. The summed E-state index contributed by atoms with van der Waals surface area (Å²) in [6, 6.07) is 14.9. The van der Waals surface area contributed by atoms with Crippen LogP contribution in [-0.4, -0.2) is 29.1 Å². The molecule has 1 atom stereocenters. The quantitative estimate of drug-likeness (QED) is 0.748. The van der Waals surface area contributed by atoms with Gasteiger partial charge in [0.1, 0.15) is 17.7 Å². The predicted molar refractivity (Wildman–Crippen MR) is 94.6 cm³/mol. The molecule has 3 aromatic rings. The van der Waals surface area contributed by atoms with E-state index in [2.05, 4.69) is 15.3 Å². The third-order valence-corrected chi connectivity index (χ3v) is 4.13. The summed E-state index contributed by atoms with van der Waals surface area (Å²) in [5.41, 5.74) is 2.45. The molecule has 4 rings (SSSR count). The maximum absolute atomic E-state index is 12.1. The van der Waals surface area contributed by atoms with Crippen LogP contribution in [0.3, 0.4) is 0 Å². The van der Waals surface area contributed by atoms with Gasteiger partial charge in [-0.05, 0) is 43.2 Å². The molecule has 0 spiro atoms. The van der Waals surface area contributed by atoms with E-state index in [0.717, 1.165) is 36.3 Å². The van der Waals surface area contributed by atoms with E-state index >= 15 is 0 Å². The average Bonchev–Trinajstić information content (AvgIpc) is 3.30. The predicted octanol–water partition coefficient (Wildman–Crippen LogP) is 3.43. The molecule has 128 valence electrons. The van der Waals surface area contributed by atoms with Crippen LogP contribution in [0.2, 0.25) is 0 Å². The molecule has 0 bridgehead atoms. The number of hydrogen-bond donors (Lipinski definition) is 2. The first-order chi connectivity index (χ1) is 12.3. The average molecular weight is 337 g/mol. The van der Waals surface area contributed by atoms with Crippen molar-refractivity contribution in [1.82, 2.24) is 9.97 Å². The van der Waals surface area contributed by atoms with Gasteiger partial charge < -0.3 is 19.8 Å². The molecule has 6 nitrogen and oxygen atoms in total. The summed E-state index contributed by atoms with van der Waals surface area (Å²) in [6.45, 7) is 0.747. The molecule has 0 aliphatic carbocycles. The van der Waals surface area contributed by atoms with Crippen molar-refractivity contribution in [1.29, 1.82) is 0 Å². The topological polar surface area (TPSA) is 76.2 Å². The Morgan fingerprint density at radius 1 is 1.28 bits per heavy atom. The highest BCUT2D eigenvalue weighted by atomic mass is 16.5. The van der Waals surface area contributed by atoms with Gasteiger partial charge in [0, 0.05) is 12.3 Å². The van der Waals surface area contributed by atoms with Crippen LogP contribution in [0.1, 0.15) is 24.8 Å². The highest BCUT2D eigenvalue weighted by Crippen LogP contribution is 2.28. The second kappa shape index (κ2) is 6.94. The van der Waals surface area contributed by atoms with Gasteiger partial charge in [0.15, 0.2) is 6.61 Å². The lowest BCUT2D eigenvalue weighted by Gasteiger charge is -2.07. The van der Waals surface area contributed by atoms with E-state index < -0.39 is 0 Å². The number of fused-ring (bicyclic) bond motifs is 1. The highest BCUT2D eigenvalue weighted by molar-refractivity contribution is 5.94. The van der Waals surface area contributed by atoms with Crippen LogP contribution in [0.15, 0.2) is 48.5 Å². The lowest BCUT2D eigenvalue weighted by Crippen LogP contribution is -2.20. The summed E-state index contributed by atoms with van der Waals surface area (Å²) in [4.78, 5) is 19.9. The molecule has 0 saturated carbocycles. The van der Waals surface area contributed by atoms with E-state index in [1.165, 1.54) is 0 Å². The van der Waals surface area contributed by atoms with Crippen LogP contribution in [0.4, 0.5) is 5.69 Å². The molecule has 2 N–H and O–H groups in total. The number of H-pyrrole nitrogens is 1. The number of carbonyl (C=O) groups is 1. The van der Waals surface area contributed by atoms with Crippen LogP contribution in [0.5, 0.6) is 5.75 Å². The van der Waals surface area contributed by atoms with Gasteiger partial charge in [-0.1, -0.05) is 18.2 Å². The largest absolute Gasteiger partial charge is 0.484 e. The number of benzene rings is 2. The number of para-hydroxylation sites is 1. The Kier molecular flexibility index (Phi) is 4.35. The van der Waals surface area contributed by atoms with Crippen molar-refractivity contribution in [2.24, 2.45) is 0 Å². The molecule has 0 radical (unpaired) electrons. The Morgan fingerprint density at radius 2 is 2.16 bits per heavy atom. The Labute approximate surface area is 145 Å². The van der Waals surface area contributed by atoms with Gasteiger partial charge in [-0.15, -0.1) is 0 Å². The van der Waals surface area contributed by atoms with E-state index in [9.17, 15) is 4.79 Å². The number of carbonyl (C=O) groups excluding carboxylic acids is 1. The molecule has 1 aliphatic rings. The Morgan fingerprint density at radius 3 is 2.96 bits per heavy atom. The van der Waals surface area contributed by atoms with E-state index in [4.69, 9.17) is 9.47 Å². The van der Waals surface area contributed by atoms with Crippen molar-refractivity contribution in [2.45, 2.75) is 18.9 Å². The van der Waals surface area contributed by atoms with Gasteiger partial charge in [-0.3, -0.25) is 4.79 Å². The van der Waals surface area contributed by atoms with Gasteiger partial charge in [0.25, 0.3) is 5.91 Å². The molecule has 2 heterocycles. The van der Waals surface area contributed by atoms with Gasteiger partial charge in [0.2, 0.25) is 0 Å². The molecule has 25 heavy (non-hydrogen) atoms. The fourth-order valence-corrected chi connectivity index (χ4v) is 2.92. The summed E-state index contributed by atoms with van der Waals surface area (Å²) < 4.78 is 11.1. The van der Waals surface area contributed by atoms with Crippen LogP contribution in [0, 0.1) is 0 Å². The molecule has 0 unspecified atom stereocenters. The minimum Gasteiger partial charge on any atom is -0.484 e. The van der Waals surface area contributed by atoms with Crippen molar-refractivity contribution < 1.29 is 14.3 Å². The zero-order chi connectivity index (χ0) is 17.1. The molecule has 1 aliphatic heterocycles. The molecule has 6 heteroatoms. The van der Waals surface area contributed by atoms with Crippen LogP contribution in [0.25, 0.3) is 11.0 Å². The van der Waals surface area contributed by atoms with Crippen LogP contribution in [-0.2, 0) is 9.53 Å². The minimum absolute atomic E-state index is 0.0355. The van der Waals surface area contributed by atoms with Crippen molar-refractivity contribution in [3.8, 4) is 5.75 Å². The molecule has 2 aromatic carbocycles. The number of rotatable bonds is 5. The number of amides is 1. The SMILES string of the molecule is O=C(COc1ccccc1)Nc1ccc2nc([C@@H]3CCCO3)[nH]c2c1. The summed E-state index contributed by atoms with van der Waals surface area (Å²) in [6.07, 6.45) is 2.09. The number of hydrogen-bond acceptors (Lipinski definition) is 4. The molecule has 1 saturated heterocycles. The smallest absolute Gasteiger partial charge is 0.262 e.